The quantitative estimate of drug-likeness (QED) is 0.770. The number of aromatic nitrogens is 1. The number of phenols is 1. The molecule has 1 heterocycles. The number of aryl methyl sites for hydroxylation is 1. The van der Waals surface area contributed by atoms with Crippen LogP contribution in [0.4, 0.5) is 5.69 Å². The Bertz CT molecular complexity index is 689. The maximum Gasteiger partial charge on any atom is 0.261 e. The maximum atomic E-state index is 12.0. The zero-order valence-corrected chi connectivity index (χ0v) is 10.7. The van der Waals surface area contributed by atoms with Crippen molar-refractivity contribution in [3.05, 3.63) is 57.5 Å². The van der Waals surface area contributed by atoms with Crippen LogP contribution >= 0.6 is 0 Å². The van der Waals surface area contributed by atoms with E-state index in [1.54, 1.807) is 32.0 Å². The Morgan fingerprint density at radius 3 is 2.63 bits per heavy atom. The number of carbonyl (C=O) groups excluding carboxylic acids is 1. The lowest BCUT2D eigenvalue weighted by Crippen LogP contribution is -2.23. The summed E-state index contributed by atoms with van der Waals surface area (Å²) in [6.07, 6.45) is 0. The lowest BCUT2D eigenvalue weighted by Gasteiger charge is -2.09. The summed E-state index contributed by atoms with van der Waals surface area (Å²) in [6, 6.07) is 7.95. The van der Waals surface area contributed by atoms with Crippen molar-refractivity contribution >= 4 is 11.6 Å². The number of aromatic hydroxyl groups is 1. The third kappa shape index (κ3) is 2.65. The number of pyridine rings is 1. The number of nitrogens with one attached hydrogen (secondary N) is 2. The maximum absolute atomic E-state index is 12.0. The van der Waals surface area contributed by atoms with Gasteiger partial charge in [0, 0.05) is 16.9 Å². The summed E-state index contributed by atoms with van der Waals surface area (Å²) in [4.78, 5) is 26.2. The predicted octanol–water partition coefficient (Wildman–Crippen LogP) is 1.95. The molecule has 0 saturated heterocycles. The molecule has 3 N–H and O–H groups in total. The van der Waals surface area contributed by atoms with Crippen LogP contribution < -0.4 is 10.9 Å². The molecule has 0 radical (unpaired) electrons. The van der Waals surface area contributed by atoms with E-state index in [1.807, 2.05) is 0 Å². The van der Waals surface area contributed by atoms with E-state index in [-0.39, 0.29) is 11.3 Å². The highest BCUT2D eigenvalue weighted by molar-refractivity contribution is 6.04. The Morgan fingerprint density at radius 1 is 1.21 bits per heavy atom. The minimum atomic E-state index is -0.505. The van der Waals surface area contributed by atoms with E-state index in [2.05, 4.69) is 10.3 Å². The Kier molecular flexibility index (Phi) is 3.37. The van der Waals surface area contributed by atoms with E-state index < -0.39 is 11.5 Å². The number of carbonyl (C=O) groups is 1. The molecule has 1 aromatic carbocycles. The molecule has 98 valence electrons. The molecule has 0 aliphatic rings. The van der Waals surface area contributed by atoms with E-state index in [0.717, 1.165) is 0 Å². The van der Waals surface area contributed by atoms with Crippen LogP contribution in [0.15, 0.2) is 35.1 Å². The third-order valence-electron chi connectivity index (χ3n) is 2.85. The van der Waals surface area contributed by atoms with Gasteiger partial charge in [0.25, 0.3) is 11.5 Å². The molecular formula is C14H14N2O3. The number of hydrogen-bond donors (Lipinski definition) is 3. The van der Waals surface area contributed by atoms with E-state index in [4.69, 9.17) is 0 Å². The normalized spacial score (nSPS) is 10.2. The van der Waals surface area contributed by atoms with Crippen LogP contribution in [-0.4, -0.2) is 16.0 Å². The summed E-state index contributed by atoms with van der Waals surface area (Å²) in [5.74, 6) is -0.412. The van der Waals surface area contributed by atoms with Gasteiger partial charge < -0.3 is 15.4 Å². The molecule has 2 aromatic rings. The Hall–Kier alpha value is -2.56. The summed E-state index contributed by atoms with van der Waals surface area (Å²) in [7, 11) is 0. The van der Waals surface area contributed by atoms with Gasteiger partial charge in [0.2, 0.25) is 0 Å². The van der Waals surface area contributed by atoms with Gasteiger partial charge in [0.15, 0.2) is 0 Å². The largest absolute Gasteiger partial charge is 0.508 e. The topological polar surface area (TPSA) is 82.2 Å². The fraction of sp³-hybridized carbons (Fsp3) is 0.143. The monoisotopic (exact) mass is 258 g/mol. The van der Waals surface area contributed by atoms with Gasteiger partial charge in [-0.2, -0.15) is 0 Å². The minimum absolute atomic E-state index is 0.0355. The first kappa shape index (κ1) is 12.9. The van der Waals surface area contributed by atoms with Crippen molar-refractivity contribution in [1.82, 2.24) is 4.98 Å². The fourth-order valence-electron chi connectivity index (χ4n) is 1.70. The molecular weight excluding hydrogens is 244 g/mol. The number of hydrogen-bond acceptors (Lipinski definition) is 3. The first-order chi connectivity index (χ1) is 8.99. The molecule has 5 heteroatoms. The van der Waals surface area contributed by atoms with Crippen molar-refractivity contribution in [3.8, 4) is 5.75 Å². The molecule has 2 rings (SSSR count). The number of anilines is 1. The number of benzene rings is 1. The van der Waals surface area contributed by atoms with Crippen LogP contribution in [0, 0.1) is 13.8 Å². The first-order valence-corrected chi connectivity index (χ1v) is 5.79. The van der Waals surface area contributed by atoms with Crippen LogP contribution in [0.2, 0.25) is 0 Å². The lowest BCUT2D eigenvalue weighted by molar-refractivity contribution is 0.102. The second kappa shape index (κ2) is 4.97. The molecule has 0 unspecified atom stereocenters. The molecule has 0 atom stereocenters. The van der Waals surface area contributed by atoms with Crippen LogP contribution in [-0.2, 0) is 0 Å². The van der Waals surface area contributed by atoms with Crippen LogP contribution in [0.3, 0.4) is 0 Å². The van der Waals surface area contributed by atoms with Gasteiger partial charge in [-0.05, 0) is 38.1 Å². The average Bonchev–Trinajstić information content (AvgIpc) is 2.34. The summed E-state index contributed by atoms with van der Waals surface area (Å²) in [5, 5.41) is 12.2. The van der Waals surface area contributed by atoms with Crippen molar-refractivity contribution in [2.24, 2.45) is 0 Å². The number of rotatable bonds is 2. The van der Waals surface area contributed by atoms with Crippen LogP contribution in [0.25, 0.3) is 0 Å². The molecule has 0 saturated carbocycles. The van der Waals surface area contributed by atoms with Crippen LogP contribution in [0.1, 0.15) is 21.6 Å². The molecule has 19 heavy (non-hydrogen) atoms. The van der Waals surface area contributed by atoms with Crippen molar-refractivity contribution in [2.75, 3.05) is 5.32 Å². The standard InChI is InChI=1S/C14H14N2O3/c1-8-6-7-10(13(18)15-8)14(19)16-11-4-3-5-12(17)9(11)2/h3-7,17H,1-2H3,(H,15,18)(H,16,19). The van der Waals surface area contributed by atoms with Gasteiger partial charge in [-0.3, -0.25) is 9.59 Å². The highest BCUT2D eigenvalue weighted by Crippen LogP contribution is 2.24. The second-order valence-corrected chi connectivity index (χ2v) is 4.29. The van der Waals surface area contributed by atoms with E-state index in [0.29, 0.717) is 16.9 Å². The molecule has 0 spiro atoms. The van der Waals surface area contributed by atoms with Crippen molar-refractivity contribution in [2.45, 2.75) is 13.8 Å². The summed E-state index contributed by atoms with van der Waals surface area (Å²) < 4.78 is 0. The van der Waals surface area contributed by atoms with E-state index in [1.165, 1.54) is 12.1 Å². The number of H-pyrrole nitrogens is 1. The van der Waals surface area contributed by atoms with Gasteiger partial charge in [-0.1, -0.05) is 6.07 Å². The number of amides is 1. The molecule has 0 aliphatic carbocycles. The summed E-state index contributed by atoms with van der Waals surface area (Å²) in [5.41, 5.74) is 1.32. The van der Waals surface area contributed by atoms with Gasteiger partial charge in [-0.25, -0.2) is 0 Å². The number of phenolic OH excluding ortho intramolecular Hbond substituents is 1. The SMILES string of the molecule is Cc1ccc(C(=O)Nc2cccc(O)c2C)c(=O)[nH]1. The van der Waals surface area contributed by atoms with Crippen molar-refractivity contribution in [3.63, 3.8) is 0 Å². The Balaban J connectivity index is 2.31. The smallest absolute Gasteiger partial charge is 0.261 e. The zero-order valence-electron chi connectivity index (χ0n) is 10.7. The molecule has 5 nitrogen and oxygen atoms in total. The zero-order chi connectivity index (χ0) is 14.0. The minimum Gasteiger partial charge on any atom is -0.508 e. The van der Waals surface area contributed by atoms with Crippen molar-refractivity contribution < 1.29 is 9.90 Å². The third-order valence-corrected chi connectivity index (χ3v) is 2.85. The van der Waals surface area contributed by atoms with Gasteiger partial charge >= 0.3 is 0 Å². The molecule has 0 aliphatic heterocycles. The highest BCUT2D eigenvalue weighted by Gasteiger charge is 2.12. The molecule has 1 aromatic heterocycles. The highest BCUT2D eigenvalue weighted by atomic mass is 16.3. The lowest BCUT2D eigenvalue weighted by atomic mass is 10.1. The van der Waals surface area contributed by atoms with Gasteiger partial charge in [0.1, 0.15) is 11.3 Å². The summed E-state index contributed by atoms with van der Waals surface area (Å²) >= 11 is 0. The predicted molar refractivity (Wildman–Crippen MR) is 72.6 cm³/mol. The fourth-order valence-corrected chi connectivity index (χ4v) is 1.70. The molecule has 0 bridgehead atoms. The van der Waals surface area contributed by atoms with Crippen molar-refractivity contribution in [1.29, 1.82) is 0 Å². The first-order valence-electron chi connectivity index (χ1n) is 5.79. The molecule has 0 fully saturated rings. The summed E-state index contributed by atoms with van der Waals surface area (Å²) in [6.45, 7) is 3.42. The van der Waals surface area contributed by atoms with E-state index in [9.17, 15) is 14.7 Å². The Morgan fingerprint density at radius 2 is 1.95 bits per heavy atom. The van der Waals surface area contributed by atoms with E-state index >= 15 is 0 Å². The van der Waals surface area contributed by atoms with Gasteiger partial charge in [-0.15, -0.1) is 0 Å². The Labute approximate surface area is 109 Å². The second-order valence-electron chi connectivity index (χ2n) is 4.29. The number of aromatic amines is 1. The molecule has 1 amide bonds. The average molecular weight is 258 g/mol. The van der Waals surface area contributed by atoms with Crippen LogP contribution in [0.5, 0.6) is 5.75 Å². The van der Waals surface area contributed by atoms with Gasteiger partial charge in [0.05, 0.1) is 0 Å².